The van der Waals surface area contributed by atoms with Gasteiger partial charge in [0, 0.05) is 24.8 Å². The molecule has 1 amide bonds. The predicted octanol–water partition coefficient (Wildman–Crippen LogP) is 1.66. The number of nitrogens with one attached hydrogen (secondary N) is 1. The number of rotatable bonds is 4. The largest absolute Gasteiger partial charge is 0.334 e. The molecular weight excluding hydrogens is 338 g/mol. The summed E-state index contributed by atoms with van der Waals surface area (Å²) < 4.78 is 27.8. The molecule has 1 saturated heterocycles. The number of carbonyl (C=O) groups is 1. The summed E-state index contributed by atoms with van der Waals surface area (Å²) in [6.07, 6.45) is 3.09. The molecule has 0 spiro atoms. The smallest absolute Gasteiger partial charge is 0.272 e. The molecule has 4 rings (SSSR count). The molecule has 2 fully saturated rings. The third-order valence-corrected chi connectivity index (χ3v) is 6.55. The second-order valence-electron chi connectivity index (χ2n) is 6.60. The number of hydrogen-bond donors (Lipinski definition) is 1. The number of hydrogen-bond acceptors (Lipinski definition) is 4. The molecule has 25 heavy (non-hydrogen) atoms. The number of aromatic nitrogens is 1. The van der Waals surface area contributed by atoms with Crippen LogP contribution < -0.4 is 4.72 Å². The van der Waals surface area contributed by atoms with Gasteiger partial charge in [0.15, 0.2) is 0 Å². The predicted molar refractivity (Wildman–Crippen MR) is 92.3 cm³/mol. The van der Waals surface area contributed by atoms with Gasteiger partial charge in [0.1, 0.15) is 5.69 Å². The summed E-state index contributed by atoms with van der Waals surface area (Å²) in [7, 11) is -3.52. The van der Waals surface area contributed by atoms with E-state index in [4.69, 9.17) is 0 Å². The first-order valence-electron chi connectivity index (χ1n) is 8.34. The Morgan fingerprint density at radius 3 is 2.48 bits per heavy atom. The maximum Gasteiger partial charge on any atom is 0.272 e. The maximum absolute atomic E-state index is 12.6. The number of carbonyl (C=O) groups excluding carboxylic acids is 1. The quantitative estimate of drug-likeness (QED) is 0.903. The van der Waals surface area contributed by atoms with Gasteiger partial charge in [-0.15, -0.1) is 0 Å². The third kappa shape index (κ3) is 3.05. The molecule has 7 heteroatoms. The van der Waals surface area contributed by atoms with Crippen molar-refractivity contribution in [1.82, 2.24) is 14.6 Å². The Kier molecular flexibility index (Phi) is 4.05. The summed E-state index contributed by atoms with van der Waals surface area (Å²) in [5.41, 5.74) is 0.441. The van der Waals surface area contributed by atoms with Crippen LogP contribution in [-0.2, 0) is 10.0 Å². The van der Waals surface area contributed by atoms with Gasteiger partial charge >= 0.3 is 0 Å². The van der Waals surface area contributed by atoms with E-state index in [1.165, 1.54) is 0 Å². The Hall–Kier alpha value is -2.25. The molecule has 6 nitrogen and oxygen atoms in total. The van der Waals surface area contributed by atoms with Gasteiger partial charge in [-0.3, -0.25) is 9.78 Å². The van der Waals surface area contributed by atoms with Gasteiger partial charge in [-0.25, -0.2) is 13.1 Å². The molecular formula is C18H19N3O3S. The molecule has 2 heterocycles. The van der Waals surface area contributed by atoms with Gasteiger partial charge in [-0.2, -0.15) is 0 Å². The number of likely N-dealkylation sites (tertiary alicyclic amines) is 1. The zero-order valence-electron chi connectivity index (χ0n) is 13.6. The second kappa shape index (κ2) is 6.24. The van der Waals surface area contributed by atoms with Crippen LogP contribution in [-0.4, -0.2) is 42.8 Å². The maximum atomic E-state index is 12.6. The lowest BCUT2D eigenvalue weighted by Crippen LogP contribution is -2.47. The molecule has 130 valence electrons. The van der Waals surface area contributed by atoms with Crippen LogP contribution in [0.3, 0.4) is 0 Å². The fourth-order valence-electron chi connectivity index (χ4n) is 3.85. The highest BCUT2D eigenvalue weighted by Crippen LogP contribution is 2.39. The van der Waals surface area contributed by atoms with Crippen LogP contribution >= 0.6 is 0 Å². The van der Waals surface area contributed by atoms with Crippen LogP contribution in [0.25, 0.3) is 0 Å². The van der Waals surface area contributed by atoms with Crippen LogP contribution in [0, 0.1) is 5.92 Å². The number of pyridine rings is 1. The zero-order valence-corrected chi connectivity index (χ0v) is 14.4. The van der Waals surface area contributed by atoms with Gasteiger partial charge in [0.05, 0.1) is 4.90 Å². The summed E-state index contributed by atoms with van der Waals surface area (Å²) in [5, 5.41) is 0. The van der Waals surface area contributed by atoms with Crippen LogP contribution in [0.5, 0.6) is 0 Å². The molecule has 3 atom stereocenters. The fraction of sp³-hybridized carbons (Fsp3) is 0.333. The lowest BCUT2D eigenvalue weighted by Gasteiger charge is -2.31. The van der Waals surface area contributed by atoms with Crippen LogP contribution in [0.2, 0.25) is 0 Å². The normalized spacial score (nSPS) is 25.3. The van der Waals surface area contributed by atoms with Gasteiger partial charge < -0.3 is 4.90 Å². The lowest BCUT2D eigenvalue weighted by atomic mass is 10.0. The van der Waals surface area contributed by atoms with E-state index in [9.17, 15) is 13.2 Å². The van der Waals surface area contributed by atoms with Crippen molar-refractivity contribution in [1.29, 1.82) is 0 Å². The lowest BCUT2D eigenvalue weighted by molar-refractivity contribution is 0.0685. The van der Waals surface area contributed by atoms with E-state index in [-0.39, 0.29) is 28.8 Å². The van der Waals surface area contributed by atoms with E-state index in [2.05, 4.69) is 9.71 Å². The Morgan fingerprint density at radius 2 is 1.84 bits per heavy atom. The van der Waals surface area contributed by atoms with Gasteiger partial charge in [-0.05, 0) is 43.0 Å². The first-order valence-corrected chi connectivity index (χ1v) is 9.82. The second-order valence-corrected chi connectivity index (χ2v) is 8.31. The van der Waals surface area contributed by atoms with E-state index in [0.717, 1.165) is 6.42 Å². The Bertz CT molecular complexity index is 871. The molecule has 0 radical (unpaired) electrons. The van der Waals surface area contributed by atoms with Gasteiger partial charge in [-0.1, -0.05) is 24.3 Å². The molecule has 2 bridgehead atoms. The third-order valence-electron chi connectivity index (χ3n) is 5.05. The summed E-state index contributed by atoms with van der Waals surface area (Å²) in [6, 6.07) is 13.6. The highest BCUT2D eigenvalue weighted by Gasteiger charge is 2.47. The van der Waals surface area contributed by atoms with E-state index in [1.54, 1.807) is 54.7 Å². The van der Waals surface area contributed by atoms with Crippen molar-refractivity contribution in [2.45, 2.75) is 29.8 Å². The first-order chi connectivity index (χ1) is 12.0. The average molecular weight is 357 g/mol. The average Bonchev–Trinajstić information content (AvgIpc) is 3.22. The van der Waals surface area contributed by atoms with Crippen molar-refractivity contribution in [3.63, 3.8) is 0 Å². The minimum absolute atomic E-state index is 0.0718. The summed E-state index contributed by atoms with van der Waals surface area (Å²) in [4.78, 5) is 18.8. The summed E-state index contributed by atoms with van der Waals surface area (Å²) >= 11 is 0. The van der Waals surface area contributed by atoms with Crippen molar-refractivity contribution in [2.24, 2.45) is 5.92 Å². The van der Waals surface area contributed by atoms with E-state index in [0.29, 0.717) is 18.7 Å². The monoisotopic (exact) mass is 357 g/mol. The fourth-order valence-corrected chi connectivity index (χ4v) is 5.19. The van der Waals surface area contributed by atoms with Crippen molar-refractivity contribution in [2.75, 3.05) is 6.54 Å². The van der Waals surface area contributed by atoms with Gasteiger partial charge in [0.2, 0.25) is 10.0 Å². The van der Waals surface area contributed by atoms with E-state index >= 15 is 0 Å². The number of benzene rings is 1. The van der Waals surface area contributed by atoms with Crippen molar-refractivity contribution < 1.29 is 13.2 Å². The molecule has 1 saturated carbocycles. The van der Waals surface area contributed by atoms with Crippen molar-refractivity contribution >= 4 is 15.9 Å². The zero-order chi connectivity index (χ0) is 17.4. The minimum atomic E-state index is -3.52. The number of piperidine rings is 1. The van der Waals surface area contributed by atoms with Crippen LogP contribution in [0.15, 0.2) is 59.6 Å². The first kappa shape index (κ1) is 16.2. The molecule has 1 aromatic heterocycles. The highest BCUT2D eigenvalue weighted by molar-refractivity contribution is 7.89. The molecule has 3 unspecified atom stereocenters. The van der Waals surface area contributed by atoms with Crippen molar-refractivity contribution in [3.05, 3.63) is 60.4 Å². The summed E-state index contributed by atoms with van der Waals surface area (Å²) in [5.74, 6) is 0.0774. The molecule has 2 aromatic rings. The number of fused-ring (bicyclic) bond motifs is 2. The Balaban J connectivity index is 1.44. The Morgan fingerprint density at radius 1 is 1.08 bits per heavy atom. The van der Waals surface area contributed by atoms with E-state index < -0.39 is 10.0 Å². The highest BCUT2D eigenvalue weighted by atomic mass is 32.2. The molecule has 1 N–H and O–H groups in total. The van der Waals surface area contributed by atoms with Crippen LogP contribution in [0.4, 0.5) is 0 Å². The Labute approximate surface area is 146 Å². The molecule has 1 aliphatic carbocycles. The topological polar surface area (TPSA) is 79.4 Å². The van der Waals surface area contributed by atoms with E-state index in [1.807, 2.05) is 4.90 Å². The van der Waals surface area contributed by atoms with Crippen molar-refractivity contribution in [3.8, 4) is 0 Å². The summed E-state index contributed by atoms with van der Waals surface area (Å²) in [6.45, 7) is 0.571. The number of amides is 1. The number of nitrogens with zero attached hydrogens (tertiary/aromatic N) is 2. The molecule has 1 aliphatic heterocycles. The standard InChI is InChI=1S/C18H19N3O3S/c22-18(16-8-4-5-9-19-16)21-12-13-10-14(21)11-17(13)20-25(23,24)15-6-2-1-3-7-15/h1-9,13-14,17,20H,10-12H2. The van der Waals surface area contributed by atoms with Gasteiger partial charge in [0.25, 0.3) is 5.91 Å². The molecule has 2 aliphatic rings. The number of sulfonamides is 1. The SMILES string of the molecule is O=C(c1ccccn1)N1CC2CC1CC2NS(=O)(=O)c1ccccc1. The van der Waals surface area contributed by atoms with Crippen LogP contribution in [0.1, 0.15) is 23.3 Å². The minimum Gasteiger partial charge on any atom is -0.334 e. The molecule has 1 aromatic carbocycles.